The van der Waals surface area contributed by atoms with Crippen molar-refractivity contribution in [1.29, 1.82) is 0 Å². The van der Waals surface area contributed by atoms with Crippen LogP contribution in [0.3, 0.4) is 0 Å². The molecule has 0 aromatic carbocycles. The predicted molar refractivity (Wildman–Crippen MR) is 71.9 cm³/mol. The Labute approximate surface area is 94.6 Å². The number of aromatic nitrogens is 1. The topological polar surface area (TPSA) is 12.9 Å². The molecule has 0 bridgehead atoms. The Kier molecular flexibility index (Phi) is 9.85. The Bertz CT molecular complexity index is 311. The third kappa shape index (κ3) is 4.59. The molecular formula is C14H23N. The van der Waals surface area contributed by atoms with E-state index in [0.29, 0.717) is 0 Å². The Hall–Kier alpha value is -1.37. The molecule has 0 aliphatic rings. The van der Waals surface area contributed by atoms with Crippen molar-refractivity contribution < 1.29 is 0 Å². The van der Waals surface area contributed by atoms with Crippen LogP contribution in [0.25, 0.3) is 12.2 Å². The second kappa shape index (κ2) is 9.20. The van der Waals surface area contributed by atoms with Gasteiger partial charge in [-0.25, -0.2) is 0 Å². The van der Waals surface area contributed by atoms with Crippen molar-refractivity contribution in [2.24, 2.45) is 0 Å². The molecule has 0 aliphatic heterocycles. The van der Waals surface area contributed by atoms with Crippen LogP contribution in [0.15, 0.2) is 24.9 Å². The fourth-order valence-electron chi connectivity index (χ4n) is 1.16. The maximum atomic E-state index is 4.21. The van der Waals surface area contributed by atoms with Crippen molar-refractivity contribution in [3.63, 3.8) is 0 Å². The van der Waals surface area contributed by atoms with Crippen molar-refractivity contribution >= 4 is 12.2 Å². The molecule has 0 atom stereocenters. The number of pyridine rings is 1. The largest absolute Gasteiger partial charge is 0.261 e. The summed E-state index contributed by atoms with van der Waals surface area (Å²) in [5.41, 5.74) is 3.35. The zero-order valence-corrected chi connectivity index (χ0v) is 9.54. The quantitative estimate of drug-likeness (QED) is 0.680. The number of allylic oxidation sites excluding steroid dienone is 1. The summed E-state index contributed by atoms with van der Waals surface area (Å²) >= 11 is 0. The van der Waals surface area contributed by atoms with Gasteiger partial charge in [-0.05, 0) is 25.5 Å². The summed E-state index contributed by atoms with van der Waals surface area (Å²) in [4.78, 5) is 4.21. The average Bonchev–Trinajstić information content (AvgIpc) is 2.24. The highest BCUT2D eigenvalue weighted by Crippen LogP contribution is 2.14. The summed E-state index contributed by atoms with van der Waals surface area (Å²) < 4.78 is 0. The van der Waals surface area contributed by atoms with Gasteiger partial charge in [0, 0.05) is 17.5 Å². The average molecular weight is 205 g/mol. The molecule has 1 aromatic heterocycles. The number of nitrogens with zero attached hydrogens (tertiary/aromatic N) is 1. The van der Waals surface area contributed by atoms with Gasteiger partial charge in [0.2, 0.25) is 0 Å². The monoisotopic (exact) mass is 205 g/mol. The van der Waals surface area contributed by atoms with Crippen LogP contribution in [-0.4, -0.2) is 4.98 Å². The SMILES string of the molecule is C.C=Cc1ccnc(C)c1/C=C\C.CC. The minimum absolute atomic E-state index is 0. The molecule has 0 fully saturated rings. The molecule has 1 aromatic rings. The summed E-state index contributed by atoms with van der Waals surface area (Å²) in [7, 11) is 0. The third-order valence-corrected chi connectivity index (χ3v) is 1.78. The molecule has 0 radical (unpaired) electrons. The van der Waals surface area contributed by atoms with Gasteiger partial charge in [-0.15, -0.1) is 0 Å². The minimum Gasteiger partial charge on any atom is -0.261 e. The van der Waals surface area contributed by atoms with Gasteiger partial charge in [0.15, 0.2) is 0 Å². The van der Waals surface area contributed by atoms with E-state index in [9.17, 15) is 0 Å². The van der Waals surface area contributed by atoms with Crippen molar-refractivity contribution in [3.8, 4) is 0 Å². The van der Waals surface area contributed by atoms with Crippen LogP contribution in [0.1, 0.15) is 45.0 Å². The second-order valence-electron chi connectivity index (χ2n) is 2.60. The first-order chi connectivity index (χ1) is 6.79. The van der Waals surface area contributed by atoms with E-state index in [1.807, 2.05) is 45.9 Å². The molecule has 0 aliphatic carbocycles. The minimum atomic E-state index is 0. The Morgan fingerprint density at radius 2 is 1.93 bits per heavy atom. The van der Waals surface area contributed by atoms with E-state index >= 15 is 0 Å². The van der Waals surface area contributed by atoms with Crippen LogP contribution in [0.5, 0.6) is 0 Å². The lowest BCUT2D eigenvalue weighted by Crippen LogP contribution is -1.88. The molecule has 1 heterocycles. The molecule has 1 rings (SSSR count). The van der Waals surface area contributed by atoms with E-state index in [2.05, 4.69) is 17.6 Å². The molecule has 0 saturated heterocycles. The standard InChI is InChI=1S/C11H13N.C2H6.CH4/c1-4-6-11-9(3)12-8-7-10(11)5-2;1-2;/h4-8H,2H2,1,3H3;1-2H3;1H4/b6-4-;;. The first-order valence-corrected chi connectivity index (χ1v) is 5.00. The number of hydrogen-bond acceptors (Lipinski definition) is 1. The van der Waals surface area contributed by atoms with Crippen LogP contribution >= 0.6 is 0 Å². The van der Waals surface area contributed by atoms with Crippen molar-refractivity contribution in [3.05, 3.63) is 41.7 Å². The molecule has 0 amide bonds. The lowest BCUT2D eigenvalue weighted by molar-refractivity contribution is 1.18. The lowest BCUT2D eigenvalue weighted by atomic mass is 10.1. The number of rotatable bonds is 2. The Morgan fingerprint density at radius 1 is 1.33 bits per heavy atom. The predicted octanol–water partition coefficient (Wildman–Crippen LogP) is 4.73. The Balaban J connectivity index is 0. The van der Waals surface area contributed by atoms with Crippen LogP contribution in [0.2, 0.25) is 0 Å². The molecule has 0 unspecified atom stereocenters. The summed E-state index contributed by atoms with van der Waals surface area (Å²) in [5, 5.41) is 0. The number of aryl methyl sites for hydroxylation is 1. The van der Waals surface area contributed by atoms with E-state index in [4.69, 9.17) is 0 Å². The second-order valence-corrected chi connectivity index (χ2v) is 2.60. The van der Waals surface area contributed by atoms with Crippen LogP contribution in [0.4, 0.5) is 0 Å². The first kappa shape index (κ1) is 16.1. The molecular weight excluding hydrogens is 182 g/mol. The van der Waals surface area contributed by atoms with Crippen LogP contribution in [0, 0.1) is 6.92 Å². The highest BCUT2D eigenvalue weighted by molar-refractivity contribution is 5.65. The molecule has 0 spiro atoms. The van der Waals surface area contributed by atoms with Gasteiger partial charge < -0.3 is 0 Å². The zero-order chi connectivity index (χ0) is 11.0. The third-order valence-electron chi connectivity index (χ3n) is 1.78. The summed E-state index contributed by atoms with van der Waals surface area (Å²) in [5.74, 6) is 0. The van der Waals surface area contributed by atoms with Gasteiger partial charge in [-0.3, -0.25) is 4.98 Å². The van der Waals surface area contributed by atoms with Crippen molar-refractivity contribution in [2.45, 2.75) is 35.1 Å². The highest BCUT2D eigenvalue weighted by atomic mass is 14.7. The van der Waals surface area contributed by atoms with Gasteiger partial charge in [-0.2, -0.15) is 0 Å². The van der Waals surface area contributed by atoms with E-state index in [1.54, 1.807) is 6.20 Å². The molecule has 1 heteroatoms. The van der Waals surface area contributed by atoms with E-state index in [-0.39, 0.29) is 7.43 Å². The van der Waals surface area contributed by atoms with Gasteiger partial charge in [-0.1, -0.05) is 46.1 Å². The molecule has 15 heavy (non-hydrogen) atoms. The maximum absolute atomic E-state index is 4.21. The van der Waals surface area contributed by atoms with E-state index < -0.39 is 0 Å². The lowest BCUT2D eigenvalue weighted by Gasteiger charge is -2.02. The molecule has 0 saturated carbocycles. The smallest absolute Gasteiger partial charge is 0.0450 e. The fraction of sp³-hybridized carbons (Fsp3) is 0.357. The van der Waals surface area contributed by atoms with Crippen LogP contribution in [-0.2, 0) is 0 Å². The highest BCUT2D eigenvalue weighted by Gasteiger charge is 1.98. The number of hydrogen-bond donors (Lipinski definition) is 0. The first-order valence-electron chi connectivity index (χ1n) is 5.00. The van der Waals surface area contributed by atoms with E-state index in [0.717, 1.165) is 16.8 Å². The normalized spacial score (nSPS) is 8.80. The molecule has 0 N–H and O–H groups in total. The zero-order valence-electron chi connectivity index (χ0n) is 9.54. The van der Waals surface area contributed by atoms with Crippen molar-refractivity contribution in [2.75, 3.05) is 0 Å². The fourth-order valence-corrected chi connectivity index (χ4v) is 1.16. The summed E-state index contributed by atoms with van der Waals surface area (Å²) in [6.45, 7) is 11.8. The maximum Gasteiger partial charge on any atom is 0.0450 e. The van der Waals surface area contributed by atoms with Gasteiger partial charge in [0.25, 0.3) is 0 Å². The van der Waals surface area contributed by atoms with Gasteiger partial charge in [0.05, 0.1) is 0 Å². The summed E-state index contributed by atoms with van der Waals surface area (Å²) in [6.07, 6.45) is 7.72. The Morgan fingerprint density at radius 3 is 2.40 bits per heavy atom. The van der Waals surface area contributed by atoms with Crippen LogP contribution < -0.4 is 0 Å². The molecule has 84 valence electrons. The molecule has 1 nitrogen and oxygen atoms in total. The van der Waals surface area contributed by atoms with E-state index in [1.165, 1.54) is 0 Å². The summed E-state index contributed by atoms with van der Waals surface area (Å²) in [6, 6.07) is 1.97. The van der Waals surface area contributed by atoms with Gasteiger partial charge in [0.1, 0.15) is 0 Å². The van der Waals surface area contributed by atoms with Gasteiger partial charge >= 0.3 is 0 Å². The van der Waals surface area contributed by atoms with Crippen molar-refractivity contribution in [1.82, 2.24) is 4.98 Å².